The topological polar surface area (TPSA) is 81.7 Å². The Morgan fingerprint density at radius 3 is 1.55 bits per heavy atom. The number of carbonyl (C=O) groups is 3. The SMILES string of the molecule is CCCCCCCC(=O)Oc1ccc(C2(c3ccc(OC(=O)CCCCCCC)cc3)C(=O)Nc3ccccc32)cc1. The van der Waals surface area contributed by atoms with E-state index in [0.717, 1.165) is 73.7 Å². The average Bonchev–Trinajstić information content (AvgIpc) is 3.30. The van der Waals surface area contributed by atoms with E-state index in [1.54, 1.807) is 24.3 Å². The van der Waals surface area contributed by atoms with E-state index in [4.69, 9.17) is 9.47 Å². The Morgan fingerprint density at radius 1 is 0.619 bits per heavy atom. The molecule has 1 N–H and O–H groups in total. The summed E-state index contributed by atoms with van der Waals surface area (Å²) in [6.07, 6.45) is 11.4. The van der Waals surface area contributed by atoms with Gasteiger partial charge < -0.3 is 14.8 Å². The van der Waals surface area contributed by atoms with Crippen molar-refractivity contribution in [2.45, 2.75) is 96.3 Å². The van der Waals surface area contributed by atoms with Crippen LogP contribution in [-0.2, 0) is 19.8 Å². The van der Waals surface area contributed by atoms with Crippen molar-refractivity contribution in [3.05, 3.63) is 89.5 Å². The first-order chi connectivity index (χ1) is 20.5. The lowest BCUT2D eigenvalue weighted by atomic mass is 9.70. The Labute approximate surface area is 249 Å². The maximum Gasteiger partial charge on any atom is 0.311 e. The summed E-state index contributed by atoms with van der Waals surface area (Å²) >= 11 is 0. The number of amides is 1. The first-order valence-electron chi connectivity index (χ1n) is 15.5. The standard InChI is InChI=1S/C36H43NO5/c1-3-5-7-9-11-17-33(38)41-29-23-19-27(20-24-29)36(31-15-13-14-16-32(31)37-35(36)40)28-21-25-30(26-22-28)42-34(39)18-12-10-8-6-4-2/h13-16,19-26H,3-12,17-18H2,1-2H3,(H,37,40). The van der Waals surface area contributed by atoms with E-state index in [0.29, 0.717) is 24.3 Å². The van der Waals surface area contributed by atoms with Crippen molar-refractivity contribution in [3.63, 3.8) is 0 Å². The summed E-state index contributed by atoms with van der Waals surface area (Å²) in [7, 11) is 0. The van der Waals surface area contributed by atoms with Crippen molar-refractivity contribution in [2.24, 2.45) is 0 Å². The normalized spacial score (nSPS) is 13.3. The minimum Gasteiger partial charge on any atom is -0.427 e. The van der Waals surface area contributed by atoms with Gasteiger partial charge in [-0.2, -0.15) is 0 Å². The van der Waals surface area contributed by atoms with Crippen LogP contribution in [0.4, 0.5) is 5.69 Å². The molecule has 0 saturated carbocycles. The Morgan fingerprint density at radius 2 is 1.07 bits per heavy atom. The molecule has 0 aliphatic carbocycles. The van der Waals surface area contributed by atoms with Crippen LogP contribution in [0.25, 0.3) is 0 Å². The molecule has 0 fully saturated rings. The maximum atomic E-state index is 13.8. The number of benzene rings is 3. The molecule has 3 aromatic rings. The van der Waals surface area contributed by atoms with E-state index in [1.807, 2.05) is 48.5 Å². The highest BCUT2D eigenvalue weighted by molar-refractivity contribution is 6.11. The van der Waals surface area contributed by atoms with Crippen molar-refractivity contribution < 1.29 is 23.9 Å². The van der Waals surface area contributed by atoms with Gasteiger partial charge in [0.15, 0.2) is 0 Å². The second-order valence-electron chi connectivity index (χ2n) is 11.1. The van der Waals surface area contributed by atoms with Crippen LogP contribution in [0.2, 0.25) is 0 Å². The fraction of sp³-hybridized carbons (Fsp3) is 0.417. The highest BCUT2D eigenvalue weighted by atomic mass is 16.5. The molecule has 3 aromatic carbocycles. The predicted octanol–water partition coefficient (Wildman–Crippen LogP) is 8.50. The number of fused-ring (bicyclic) bond motifs is 1. The van der Waals surface area contributed by atoms with Gasteiger partial charge in [-0.15, -0.1) is 0 Å². The van der Waals surface area contributed by atoms with E-state index < -0.39 is 5.41 Å². The summed E-state index contributed by atoms with van der Waals surface area (Å²) in [5, 5.41) is 3.04. The second kappa shape index (κ2) is 15.3. The molecule has 1 heterocycles. The number of ether oxygens (including phenoxy) is 2. The van der Waals surface area contributed by atoms with Crippen LogP contribution >= 0.6 is 0 Å². The number of nitrogens with one attached hydrogen (secondary N) is 1. The molecule has 1 aliphatic rings. The van der Waals surface area contributed by atoms with Gasteiger partial charge in [0.25, 0.3) is 0 Å². The van der Waals surface area contributed by atoms with Crippen LogP contribution in [0.3, 0.4) is 0 Å². The van der Waals surface area contributed by atoms with Crippen molar-refractivity contribution >= 4 is 23.5 Å². The summed E-state index contributed by atoms with van der Waals surface area (Å²) < 4.78 is 11.2. The molecule has 42 heavy (non-hydrogen) atoms. The molecule has 222 valence electrons. The van der Waals surface area contributed by atoms with Gasteiger partial charge in [0.05, 0.1) is 0 Å². The number of anilines is 1. The Hall–Kier alpha value is -3.93. The van der Waals surface area contributed by atoms with E-state index in [1.165, 1.54) is 12.8 Å². The fourth-order valence-electron chi connectivity index (χ4n) is 5.65. The summed E-state index contributed by atoms with van der Waals surface area (Å²) in [4.78, 5) is 38.5. The van der Waals surface area contributed by atoms with Gasteiger partial charge in [-0.1, -0.05) is 108 Å². The first-order valence-corrected chi connectivity index (χ1v) is 15.5. The average molecular weight is 570 g/mol. The van der Waals surface area contributed by atoms with Crippen LogP contribution in [0.1, 0.15) is 108 Å². The monoisotopic (exact) mass is 569 g/mol. The van der Waals surface area contributed by atoms with Gasteiger partial charge in [-0.05, 0) is 54.3 Å². The lowest BCUT2D eigenvalue weighted by molar-refractivity contribution is -0.135. The van der Waals surface area contributed by atoms with Gasteiger partial charge in [0.2, 0.25) is 5.91 Å². The zero-order valence-electron chi connectivity index (χ0n) is 25.0. The number of carbonyl (C=O) groups excluding carboxylic acids is 3. The Bertz CT molecular complexity index is 1260. The summed E-state index contributed by atoms with van der Waals surface area (Å²) in [5.74, 6) is 0.248. The molecule has 0 spiro atoms. The Kier molecular flexibility index (Phi) is 11.3. The summed E-state index contributed by atoms with van der Waals surface area (Å²) in [6.45, 7) is 4.33. The molecule has 1 amide bonds. The fourth-order valence-corrected chi connectivity index (χ4v) is 5.65. The molecule has 0 atom stereocenters. The summed E-state index contributed by atoms with van der Waals surface area (Å²) in [6, 6.07) is 22.0. The molecular weight excluding hydrogens is 526 g/mol. The minimum absolute atomic E-state index is 0.169. The van der Waals surface area contributed by atoms with Crippen molar-refractivity contribution in [1.29, 1.82) is 0 Å². The van der Waals surface area contributed by atoms with E-state index in [2.05, 4.69) is 19.2 Å². The van der Waals surface area contributed by atoms with Gasteiger partial charge in [-0.25, -0.2) is 0 Å². The van der Waals surface area contributed by atoms with E-state index in [-0.39, 0.29) is 17.8 Å². The third-order valence-corrected chi connectivity index (χ3v) is 7.93. The van der Waals surface area contributed by atoms with Crippen LogP contribution in [0.15, 0.2) is 72.8 Å². The molecule has 6 heteroatoms. The highest BCUT2D eigenvalue weighted by Gasteiger charge is 2.49. The second-order valence-corrected chi connectivity index (χ2v) is 11.1. The molecular formula is C36H43NO5. The molecule has 0 bridgehead atoms. The molecule has 0 radical (unpaired) electrons. The van der Waals surface area contributed by atoms with E-state index >= 15 is 0 Å². The van der Waals surface area contributed by atoms with Gasteiger partial charge >= 0.3 is 11.9 Å². The number of esters is 2. The lowest BCUT2D eigenvalue weighted by Crippen LogP contribution is -2.37. The number of hydrogen-bond acceptors (Lipinski definition) is 5. The third kappa shape index (κ3) is 7.47. The maximum absolute atomic E-state index is 13.8. The molecule has 6 nitrogen and oxygen atoms in total. The minimum atomic E-state index is -1.11. The van der Waals surface area contributed by atoms with Crippen molar-refractivity contribution in [2.75, 3.05) is 5.32 Å². The van der Waals surface area contributed by atoms with Gasteiger partial charge in [-0.3, -0.25) is 14.4 Å². The van der Waals surface area contributed by atoms with Crippen LogP contribution in [-0.4, -0.2) is 17.8 Å². The number of rotatable bonds is 16. The highest BCUT2D eigenvalue weighted by Crippen LogP contribution is 2.48. The van der Waals surface area contributed by atoms with Crippen LogP contribution < -0.4 is 14.8 Å². The quantitative estimate of drug-likeness (QED) is 0.106. The lowest BCUT2D eigenvalue weighted by Gasteiger charge is -2.29. The van der Waals surface area contributed by atoms with Crippen LogP contribution in [0.5, 0.6) is 11.5 Å². The van der Waals surface area contributed by atoms with Gasteiger partial charge in [0.1, 0.15) is 16.9 Å². The number of hydrogen-bond donors (Lipinski definition) is 1. The zero-order valence-corrected chi connectivity index (χ0v) is 25.0. The Balaban J connectivity index is 1.51. The molecule has 0 unspecified atom stereocenters. The molecule has 1 aliphatic heterocycles. The van der Waals surface area contributed by atoms with E-state index in [9.17, 15) is 14.4 Å². The van der Waals surface area contributed by atoms with Crippen molar-refractivity contribution in [1.82, 2.24) is 0 Å². The third-order valence-electron chi connectivity index (χ3n) is 7.93. The molecule has 0 saturated heterocycles. The number of para-hydroxylation sites is 1. The summed E-state index contributed by atoms with van der Waals surface area (Å²) in [5.41, 5.74) is 1.98. The number of unbranched alkanes of at least 4 members (excludes halogenated alkanes) is 8. The smallest absolute Gasteiger partial charge is 0.311 e. The van der Waals surface area contributed by atoms with Gasteiger partial charge in [0, 0.05) is 24.1 Å². The molecule has 4 rings (SSSR count). The first kappa shape index (κ1) is 31.0. The predicted molar refractivity (Wildman–Crippen MR) is 166 cm³/mol. The van der Waals surface area contributed by atoms with Crippen LogP contribution in [0, 0.1) is 0 Å². The van der Waals surface area contributed by atoms with Crippen molar-refractivity contribution in [3.8, 4) is 11.5 Å². The zero-order chi connectivity index (χ0) is 29.8. The largest absolute Gasteiger partial charge is 0.427 e. The molecule has 0 aromatic heterocycles.